The maximum atomic E-state index is 11.9. The van der Waals surface area contributed by atoms with Gasteiger partial charge in [0.05, 0.1) is 18.3 Å². The van der Waals surface area contributed by atoms with Gasteiger partial charge in [-0.2, -0.15) is 0 Å². The number of Topliss-reactive ketones (excluding diaryl/α,β-unsaturated/α-hetero) is 1. The number of rotatable bonds is 5. The molecule has 1 aliphatic carbocycles. The highest BCUT2D eigenvalue weighted by Crippen LogP contribution is 2.46. The number of ether oxygens (including phenoxy) is 2. The molecule has 1 saturated heterocycles. The number of aliphatic hydroxyl groups excluding tert-OH is 4. The molecule has 2 rings (SSSR count). The van der Waals surface area contributed by atoms with Crippen LogP contribution in [0.1, 0.15) is 40.5 Å². The summed E-state index contributed by atoms with van der Waals surface area (Å²) in [6, 6.07) is 0. The molecule has 0 unspecified atom stereocenters. The Morgan fingerprint density at radius 3 is 2.44 bits per heavy atom. The van der Waals surface area contributed by atoms with Gasteiger partial charge in [0.25, 0.3) is 0 Å². The Morgan fingerprint density at radius 2 is 1.89 bits per heavy atom. The average Bonchev–Trinajstić information content (AvgIpc) is 2.58. The van der Waals surface area contributed by atoms with Crippen LogP contribution in [0.4, 0.5) is 0 Å². The summed E-state index contributed by atoms with van der Waals surface area (Å²) in [6.45, 7) is 6.65. The average molecular weight is 388 g/mol. The number of carbonyl (C=O) groups is 1. The van der Waals surface area contributed by atoms with Crippen LogP contribution in [0.5, 0.6) is 0 Å². The fraction of sp³-hybridized carbons (Fsp3) is 0.842. The Bertz CT molecular complexity index is 560. The van der Waals surface area contributed by atoms with Gasteiger partial charge in [0, 0.05) is 18.3 Å². The van der Waals surface area contributed by atoms with Gasteiger partial charge >= 0.3 is 0 Å². The van der Waals surface area contributed by atoms with Gasteiger partial charge in [-0.3, -0.25) is 4.79 Å². The smallest absolute Gasteiger partial charge is 0.187 e. The second-order valence-electron chi connectivity index (χ2n) is 8.43. The van der Waals surface area contributed by atoms with Crippen molar-refractivity contribution in [1.82, 2.24) is 0 Å². The van der Waals surface area contributed by atoms with Crippen LogP contribution in [-0.2, 0) is 14.3 Å². The molecule has 1 heterocycles. The summed E-state index contributed by atoms with van der Waals surface area (Å²) in [4.78, 5) is 11.9. The quantitative estimate of drug-likeness (QED) is 0.398. The minimum atomic E-state index is -1.51. The van der Waals surface area contributed by atoms with Crippen LogP contribution in [0.3, 0.4) is 0 Å². The maximum Gasteiger partial charge on any atom is 0.187 e. The van der Waals surface area contributed by atoms with E-state index in [1.54, 1.807) is 19.1 Å². The van der Waals surface area contributed by atoms with Crippen molar-refractivity contribution in [3.05, 3.63) is 12.2 Å². The van der Waals surface area contributed by atoms with Gasteiger partial charge in [0.2, 0.25) is 0 Å². The molecule has 1 aliphatic heterocycles. The van der Waals surface area contributed by atoms with Crippen LogP contribution in [-0.4, -0.2) is 80.3 Å². The molecule has 8 nitrogen and oxygen atoms in total. The monoisotopic (exact) mass is 388 g/mol. The molecule has 0 aromatic rings. The van der Waals surface area contributed by atoms with Gasteiger partial charge in [-0.25, -0.2) is 0 Å². The summed E-state index contributed by atoms with van der Waals surface area (Å²) in [5, 5.41) is 50.1. The fourth-order valence-electron chi connectivity index (χ4n) is 3.98. The van der Waals surface area contributed by atoms with Gasteiger partial charge in [-0.15, -0.1) is 0 Å². The first-order valence-corrected chi connectivity index (χ1v) is 9.32. The first-order chi connectivity index (χ1) is 12.4. The molecule has 2 aliphatic rings. The minimum absolute atomic E-state index is 0.121. The topological polar surface area (TPSA) is 137 Å². The van der Waals surface area contributed by atoms with Crippen LogP contribution in [0.2, 0.25) is 0 Å². The molecule has 2 fully saturated rings. The maximum absolute atomic E-state index is 11.9. The lowest BCUT2D eigenvalue weighted by molar-refractivity contribution is -0.306. The second kappa shape index (κ2) is 8.24. The van der Waals surface area contributed by atoms with E-state index in [4.69, 9.17) is 9.47 Å². The van der Waals surface area contributed by atoms with Crippen molar-refractivity contribution in [2.75, 3.05) is 6.61 Å². The lowest BCUT2D eigenvalue weighted by atomic mass is 9.60. The summed E-state index contributed by atoms with van der Waals surface area (Å²) in [5.74, 6) is -0.138. The highest BCUT2D eigenvalue weighted by Gasteiger charge is 2.50. The van der Waals surface area contributed by atoms with Gasteiger partial charge in [-0.05, 0) is 12.8 Å². The third kappa shape index (κ3) is 4.42. The molecule has 0 bridgehead atoms. The van der Waals surface area contributed by atoms with E-state index in [0.29, 0.717) is 6.42 Å². The van der Waals surface area contributed by atoms with E-state index in [1.165, 1.54) is 0 Å². The van der Waals surface area contributed by atoms with Crippen LogP contribution in [0, 0.1) is 11.3 Å². The highest BCUT2D eigenvalue weighted by molar-refractivity contribution is 5.81. The summed E-state index contributed by atoms with van der Waals surface area (Å²) in [5.41, 5.74) is -1.84. The standard InChI is InChI=1S/C19H32O8/c1-10-7-12(21)8-18(3,4)19(10,25)6-5-11(2)26-17-16(24)15(23)14(22)13(9-20)27-17/h5-6,10-11,13-17,20,22-25H,7-9H2,1-4H3/b6-5+/t10-,11+,13-,14+,15+,16-,17-,19+/m0/s1. The van der Waals surface area contributed by atoms with E-state index in [1.807, 2.05) is 20.8 Å². The number of aliphatic hydroxyl groups is 5. The Labute approximate surface area is 159 Å². The Morgan fingerprint density at radius 1 is 1.26 bits per heavy atom. The molecule has 5 N–H and O–H groups in total. The van der Waals surface area contributed by atoms with Crippen LogP contribution >= 0.6 is 0 Å². The molecule has 27 heavy (non-hydrogen) atoms. The molecule has 0 aromatic heterocycles. The second-order valence-corrected chi connectivity index (χ2v) is 8.43. The zero-order valence-corrected chi connectivity index (χ0v) is 16.3. The summed E-state index contributed by atoms with van der Waals surface area (Å²) in [6.07, 6.45) is -3.51. The van der Waals surface area contributed by atoms with Crippen LogP contribution in [0.25, 0.3) is 0 Å². The predicted octanol–water partition coefficient (Wildman–Crippen LogP) is -0.496. The van der Waals surface area contributed by atoms with Gasteiger partial charge in [-0.1, -0.05) is 32.9 Å². The first-order valence-electron chi connectivity index (χ1n) is 9.32. The summed E-state index contributed by atoms with van der Waals surface area (Å²) in [7, 11) is 0. The molecule has 0 radical (unpaired) electrons. The summed E-state index contributed by atoms with van der Waals surface area (Å²) >= 11 is 0. The van der Waals surface area contributed by atoms with Crippen molar-refractivity contribution in [2.24, 2.45) is 11.3 Å². The molecule has 8 heteroatoms. The van der Waals surface area contributed by atoms with Crippen LogP contribution < -0.4 is 0 Å². The highest BCUT2D eigenvalue weighted by atomic mass is 16.7. The van der Waals surface area contributed by atoms with E-state index < -0.39 is 54.4 Å². The largest absolute Gasteiger partial charge is 0.394 e. The third-order valence-corrected chi connectivity index (χ3v) is 5.83. The third-order valence-electron chi connectivity index (χ3n) is 5.83. The normalized spacial score (nSPS) is 43.8. The molecular weight excluding hydrogens is 356 g/mol. The number of hydrogen-bond acceptors (Lipinski definition) is 8. The van der Waals surface area contributed by atoms with Gasteiger partial charge in [0.1, 0.15) is 30.2 Å². The van der Waals surface area contributed by atoms with Crippen molar-refractivity contribution < 1.29 is 39.8 Å². The van der Waals surface area contributed by atoms with Crippen molar-refractivity contribution in [3.8, 4) is 0 Å². The Hall–Kier alpha value is -0.870. The lowest BCUT2D eigenvalue weighted by Gasteiger charge is -2.48. The molecule has 0 amide bonds. The molecule has 0 spiro atoms. The fourth-order valence-corrected chi connectivity index (χ4v) is 3.98. The van der Waals surface area contributed by atoms with Crippen molar-refractivity contribution in [3.63, 3.8) is 0 Å². The number of ketones is 1. The summed E-state index contributed by atoms with van der Waals surface area (Å²) < 4.78 is 10.9. The molecule has 0 aromatic carbocycles. The number of carbonyl (C=O) groups excluding carboxylic acids is 1. The van der Waals surface area contributed by atoms with E-state index in [0.717, 1.165) is 0 Å². The van der Waals surface area contributed by atoms with Crippen molar-refractivity contribution in [1.29, 1.82) is 0 Å². The molecule has 1 saturated carbocycles. The minimum Gasteiger partial charge on any atom is -0.394 e. The van der Waals surface area contributed by atoms with Crippen molar-refractivity contribution in [2.45, 2.75) is 82.9 Å². The van der Waals surface area contributed by atoms with Gasteiger partial charge in [0.15, 0.2) is 6.29 Å². The zero-order valence-electron chi connectivity index (χ0n) is 16.3. The predicted molar refractivity (Wildman–Crippen MR) is 95.6 cm³/mol. The van der Waals surface area contributed by atoms with E-state index in [9.17, 15) is 30.3 Å². The zero-order chi connectivity index (χ0) is 20.6. The first kappa shape index (κ1) is 22.4. The Kier molecular flexibility index (Phi) is 6.85. The molecule has 8 atom stereocenters. The SMILES string of the molecule is C[C@H](/C=C/[C@@]1(O)[C@@H](C)CC(=O)CC1(C)C)O[C@H]1O[C@@H](CO)[C@@H](O)[C@@H](O)[C@@H]1O. The van der Waals surface area contributed by atoms with E-state index >= 15 is 0 Å². The molecule has 156 valence electrons. The van der Waals surface area contributed by atoms with Gasteiger partial charge < -0.3 is 35.0 Å². The molecular formula is C19H32O8. The van der Waals surface area contributed by atoms with Crippen LogP contribution in [0.15, 0.2) is 12.2 Å². The number of hydrogen-bond donors (Lipinski definition) is 5. The lowest BCUT2D eigenvalue weighted by Crippen LogP contribution is -2.59. The Balaban J connectivity index is 2.08. The van der Waals surface area contributed by atoms with E-state index in [-0.39, 0.29) is 18.1 Å². The van der Waals surface area contributed by atoms with E-state index in [2.05, 4.69) is 0 Å². The van der Waals surface area contributed by atoms with Crippen molar-refractivity contribution >= 4 is 5.78 Å².